The second-order valence-electron chi connectivity index (χ2n) is 7.59. The molecule has 3 nitrogen and oxygen atoms in total. The number of rotatable bonds is 7. The topological polar surface area (TPSA) is 27.7 Å². The molecule has 0 unspecified atom stereocenters. The van der Waals surface area contributed by atoms with E-state index in [1.54, 1.807) is 60.7 Å². The molecule has 0 aliphatic rings. The van der Waals surface area contributed by atoms with Crippen molar-refractivity contribution >= 4 is 7.32 Å². The molecule has 0 N–H and O–H groups in total. The van der Waals surface area contributed by atoms with Crippen LogP contribution in [0.2, 0.25) is 0 Å². The summed E-state index contributed by atoms with van der Waals surface area (Å²) in [5, 5.41) is 0. The Balaban J connectivity index is 1.59. The Morgan fingerprint density at radius 2 is 0.833 bits per heavy atom. The zero-order valence-electron chi connectivity index (χ0n) is 18.4. The molecule has 0 aliphatic carbocycles. The van der Waals surface area contributed by atoms with Crippen molar-refractivity contribution in [2.24, 2.45) is 0 Å². The van der Waals surface area contributed by atoms with Gasteiger partial charge >= 0.3 is 19.7 Å². The molecule has 0 aliphatic heterocycles. The number of para-hydroxylation sites is 2. The first-order chi connectivity index (χ1) is 17.1. The van der Waals surface area contributed by atoms with Crippen LogP contribution in [0.4, 0.5) is 26.3 Å². The molecule has 0 bridgehead atoms. The molecule has 0 saturated carbocycles. The van der Waals surface area contributed by atoms with E-state index in [-0.39, 0.29) is 22.9 Å². The summed E-state index contributed by atoms with van der Waals surface area (Å²) in [6.45, 7) is 0. The quantitative estimate of drug-likeness (QED) is 0.190. The lowest BCUT2D eigenvalue weighted by Crippen LogP contribution is -2.36. The van der Waals surface area contributed by atoms with Crippen molar-refractivity contribution in [3.63, 3.8) is 0 Å². The molecule has 10 heteroatoms. The van der Waals surface area contributed by atoms with Gasteiger partial charge in [-0.3, -0.25) is 0 Å². The fourth-order valence-electron chi connectivity index (χ4n) is 3.25. The highest BCUT2D eigenvalue weighted by Crippen LogP contribution is 2.39. The van der Waals surface area contributed by atoms with Crippen LogP contribution in [-0.2, 0) is 12.4 Å². The van der Waals surface area contributed by atoms with Gasteiger partial charge in [-0.15, -0.1) is 0 Å². The first-order valence-corrected chi connectivity index (χ1v) is 10.6. The van der Waals surface area contributed by atoms with Gasteiger partial charge in [-0.05, 0) is 65.7 Å². The monoisotopic (exact) mass is 502 g/mol. The Morgan fingerprint density at radius 1 is 0.444 bits per heavy atom. The predicted octanol–water partition coefficient (Wildman–Crippen LogP) is 7.91. The lowest BCUT2D eigenvalue weighted by molar-refractivity contribution is -0.143. The fourth-order valence-corrected chi connectivity index (χ4v) is 3.25. The minimum atomic E-state index is -4.93. The average Bonchev–Trinajstić information content (AvgIpc) is 2.84. The van der Waals surface area contributed by atoms with Crippen molar-refractivity contribution < 1.29 is 40.3 Å². The van der Waals surface area contributed by atoms with Crippen molar-refractivity contribution in [2.45, 2.75) is 12.4 Å². The highest BCUT2D eigenvalue weighted by Gasteiger charge is 2.37. The SMILES string of the molecule is FC(F)(F)c1cc(-c2ccc(OB(Oc3ccccc3)Oc3ccccc3)cc2)cc(C(F)(F)F)c1. The highest BCUT2D eigenvalue weighted by atomic mass is 19.4. The van der Waals surface area contributed by atoms with Crippen molar-refractivity contribution in [2.75, 3.05) is 0 Å². The van der Waals surface area contributed by atoms with Gasteiger partial charge < -0.3 is 14.0 Å². The molecule has 0 aromatic heterocycles. The van der Waals surface area contributed by atoms with Crippen LogP contribution in [0.25, 0.3) is 11.1 Å². The summed E-state index contributed by atoms with van der Waals surface area (Å²) >= 11 is 0. The molecular formula is C26H17BF6O3. The maximum absolute atomic E-state index is 13.2. The molecule has 36 heavy (non-hydrogen) atoms. The van der Waals surface area contributed by atoms with Gasteiger partial charge in [-0.2, -0.15) is 26.3 Å². The minimum Gasteiger partial charge on any atom is -0.490 e. The molecule has 0 radical (unpaired) electrons. The van der Waals surface area contributed by atoms with Gasteiger partial charge in [0, 0.05) is 0 Å². The molecule has 4 rings (SSSR count). The molecule has 0 spiro atoms. The van der Waals surface area contributed by atoms with Gasteiger partial charge in [-0.25, -0.2) is 0 Å². The fraction of sp³-hybridized carbons (Fsp3) is 0.0769. The van der Waals surface area contributed by atoms with E-state index >= 15 is 0 Å². The van der Waals surface area contributed by atoms with Crippen molar-refractivity contribution in [3.8, 4) is 28.4 Å². The second kappa shape index (κ2) is 10.3. The first kappa shape index (κ1) is 25.0. The Bertz CT molecular complexity index is 1200. The van der Waals surface area contributed by atoms with E-state index in [1.807, 2.05) is 0 Å². The number of hydrogen-bond acceptors (Lipinski definition) is 3. The number of halogens is 6. The first-order valence-electron chi connectivity index (χ1n) is 10.6. The van der Waals surface area contributed by atoms with Gasteiger partial charge in [0.25, 0.3) is 0 Å². The summed E-state index contributed by atoms with van der Waals surface area (Å²) in [5.74, 6) is 1.14. The maximum atomic E-state index is 13.2. The number of benzene rings is 4. The van der Waals surface area contributed by atoms with Gasteiger partial charge in [0.15, 0.2) is 0 Å². The van der Waals surface area contributed by atoms with E-state index in [4.69, 9.17) is 14.0 Å². The lowest BCUT2D eigenvalue weighted by atomic mass is 9.99. The van der Waals surface area contributed by atoms with E-state index in [1.165, 1.54) is 24.3 Å². The van der Waals surface area contributed by atoms with Crippen LogP contribution in [-0.4, -0.2) is 7.32 Å². The normalized spacial score (nSPS) is 11.6. The van der Waals surface area contributed by atoms with E-state index in [2.05, 4.69) is 0 Å². The maximum Gasteiger partial charge on any atom is 0.864 e. The zero-order valence-corrected chi connectivity index (χ0v) is 18.4. The summed E-state index contributed by atoms with van der Waals surface area (Å²) in [6.07, 6.45) is -9.87. The smallest absolute Gasteiger partial charge is 0.490 e. The molecule has 0 saturated heterocycles. The van der Waals surface area contributed by atoms with Crippen LogP contribution in [0.3, 0.4) is 0 Å². The summed E-state index contributed by atoms with van der Waals surface area (Å²) in [5.41, 5.74) is -2.87. The Morgan fingerprint density at radius 3 is 1.22 bits per heavy atom. The van der Waals surface area contributed by atoms with Gasteiger partial charge in [0.2, 0.25) is 0 Å². The highest BCUT2D eigenvalue weighted by molar-refractivity contribution is 6.39. The van der Waals surface area contributed by atoms with Crippen LogP contribution in [0, 0.1) is 0 Å². The van der Waals surface area contributed by atoms with Crippen molar-refractivity contribution in [1.82, 2.24) is 0 Å². The third-order valence-electron chi connectivity index (χ3n) is 4.96. The third-order valence-corrected chi connectivity index (χ3v) is 4.96. The number of alkyl halides is 6. The molecule has 184 valence electrons. The van der Waals surface area contributed by atoms with Crippen molar-refractivity contribution in [3.05, 3.63) is 114 Å². The molecular weight excluding hydrogens is 485 g/mol. The zero-order chi connectivity index (χ0) is 25.8. The van der Waals surface area contributed by atoms with E-state index < -0.39 is 30.8 Å². The molecule has 0 amide bonds. The van der Waals surface area contributed by atoms with E-state index in [0.717, 1.165) is 0 Å². The van der Waals surface area contributed by atoms with Gasteiger partial charge in [-0.1, -0.05) is 48.5 Å². The molecule has 4 aromatic carbocycles. The molecule has 0 atom stereocenters. The number of hydrogen-bond donors (Lipinski definition) is 0. The molecule has 4 aromatic rings. The van der Waals surface area contributed by atoms with Gasteiger partial charge in [0.1, 0.15) is 17.2 Å². The van der Waals surface area contributed by atoms with E-state index in [9.17, 15) is 26.3 Å². The molecule has 0 fully saturated rings. The van der Waals surface area contributed by atoms with Crippen LogP contribution >= 0.6 is 0 Å². The average molecular weight is 502 g/mol. The van der Waals surface area contributed by atoms with E-state index in [0.29, 0.717) is 23.6 Å². The van der Waals surface area contributed by atoms with Crippen LogP contribution in [0.5, 0.6) is 17.2 Å². The van der Waals surface area contributed by atoms with Crippen LogP contribution in [0.1, 0.15) is 11.1 Å². The predicted molar refractivity (Wildman–Crippen MR) is 122 cm³/mol. The Hall–Kier alpha value is -4.08. The summed E-state index contributed by atoms with van der Waals surface area (Å²) in [4.78, 5) is 0. The Labute approximate surface area is 203 Å². The lowest BCUT2D eigenvalue weighted by Gasteiger charge is -2.17. The third kappa shape index (κ3) is 6.53. The standard InChI is InChI=1S/C26H17BF6O3/c28-25(29,30)20-15-19(16-21(17-20)26(31,32)33)18-11-13-24(14-12-18)36-27(34-22-7-3-1-4-8-22)35-23-9-5-2-6-10-23/h1-17H. The van der Waals surface area contributed by atoms with Crippen LogP contribution in [0.15, 0.2) is 103 Å². The van der Waals surface area contributed by atoms with Crippen LogP contribution < -0.4 is 14.0 Å². The van der Waals surface area contributed by atoms with Gasteiger partial charge in [0.05, 0.1) is 11.1 Å². The Kier molecular flexibility index (Phi) is 7.14. The summed E-state index contributed by atoms with van der Waals surface area (Å²) in [7, 11) is -1.23. The minimum absolute atomic E-state index is 0.0907. The second-order valence-corrected chi connectivity index (χ2v) is 7.59. The summed E-state index contributed by atoms with van der Waals surface area (Å²) in [6, 6.07) is 24.4. The van der Waals surface area contributed by atoms with Crippen molar-refractivity contribution in [1.29, 1.82) is 0 Å². The largest absolute Gasteiger partial charge is 0.864 e. The summed E-state index contributed by atoms with van der Waals surface area (Å²) < 4.78 is 96.5. The molecule has 0 heterocycles.